The molecule has 0 radical (unpaired) electrons. The van der Waals surface area contributed by atoms with E-state index in [1.807, 2.05) is 0 Å². The maximum absolute atomic E-state index is 12.4. The molecule has 1 saturated heterocycles. The van der Waals surface area contributed by atoms with Crippen LogP contribution in [0.3, 0.4) is 0 Å². The number of methoxy groups -OCH3 is 1. The van der Waals surface area contributed by atoms with E-state index in [9.17, 15) is 18.0 Å². The first-order chi connectivity index (χ1) is 9.84. The minimum Gasteiger partial charge on any atom is -0.467 e. The molecule has 0 bridgehead atoms. The van der Waals surface area contributed by atoms with Crippen LogP contribution in [0.1, 0.15) is 10.4 Å². The molecule has 1 atom stereocenters. The molecule has 8 heteroatoms. The molecule has 21 heavy (non-hydrogen) atoms. The Morgan fingerprint density at radius 1 is 1.29 bits per heavy atom. The fraction of sp³-hybridized carbons (Fsp3) is 0.385. The van der Waals surface area contributed by atoms with E-state index in [4.69, 9.17) is 11.6 Å². The normalized spacial score (nSPS) is 20.9. The fourth-order valence-electron chi connectivity index (χ4n) is 2.14. The zero-order chi connectivity index (χ0) is 15.6. The molecule has 1 amide bonds. The van der Waals surface area contributed by atoms with Gasteiger partial charge in [-0.3, -0.25) is 4.79 Å². The lowest BCUT2D eigenvalue weighted by molar-refractivity contribution is -0.145. The molecule has 2 rings (SSSR count). The van der Waals surface area contributed by atoms with E-state index in [0.29, 0.717) is 10.6 Å². The molecule has 0 aliphatic carbocycles. The molecule has 0 saturated carbocycles. The highest BCUT2D eigenvalue weighted by Crippen LogP contribution is 2.18. The number of hydrogen-bond donors (Lipinski definition) is 0. The van der Waals surface area contributed by atoms with Gasteiger partial charge in [0.25, 0.3) is 5.91 Å². The van der Waals surface area contributed by atoms with Crippen LogP contribution in [0.5, 0.6) is 0 Å². The van der Waals surface area contributed by atoms with E-state index < -0.39 is 33.5 Å². The van der Waals surface area contributed by atoms with Crippen LogP contribution in [0.4, 0.5) is 0 Å². The van der Waals surface area contributed by atoms with Gasteiger partial charge in [-0.25, -0.2) is 13.2 Å². The van der Waals surface area contributed by atoms with Crippen LogP contribution in [0, 0.1) is 0 Å². The summed E-state index contributed by atoms with van der Waals surface area (Å²) in [6.07, 6.45) is 0. The molecule has 6 nitrogen and oxygen atoms in total. The van der Waals surface area contributed by atoms with E-state index >= 15 is 0 Å². The van der Waals surface area contributed by atoms with Gasteiger partial charge in [0, 0.05) is 17.1 Å². The van der Waals surface area contributed by atoms with Crippen molar-refractivity contribution in [1.29, 1.82) is 0 Å². The van der Waals surface area contributed by atoms with E-state index in [2.05, 4.69) is 4.74 Å². The van der Waals surface area contributed by atoms with Crippen LogP contribution >= 0.6 is 11.6 Å². The summed E-state index contributed by atoms with van der Waals surface area (Å²) in [6, 6.07) is 5.06. The van der Waals surface area contributed by atoms with Crippen LogP contribution in [0.2, 0.25) is 5.02 Å². The van der Waals surface area contributed by atoms with Gasteiger partial charge in [0.05, 0.1) is 18.6 Å². The summed E-state index contributed by atoms with van der Waals surface area (Å²) in [5.74, 6) is -1.74. The Balaban J connectivity index is 2.29. The Morgan fingerprint density at radius 2 is 1.90 bits per heavy atom. The van der Waals surface area contributed by atoms with Crippen LogP contribution < -0.4 is 0 Å². The van der Waals surface area contributed by atoms with Crippen molar-refractivity contribution in [3.05, 3.63) is 34.9 Å². The lowest BCUT2D eigenvalue weighted by atomic mass is 10.1. The Kier molecular flexibility index (Phi) is 4.53. The molecule has 1 heterocycles. The highest BCUT2D eigenvalue weighted by Gasteiger charge is 2.39. The lowest BCUT2D eigenvalue weighted by Gasteiger charge is -2.33. The second-order valence-electron chi connectivity index (χ2n) is 4.66. The van der Waals surface area contributed by atoms with Gasteiger partial charge in [0.2, 0.25) is 0 Å². The summed E-state index contributed by atoms with van der Waals surface area (Å²) < 4.78 is 27.9. The first-order valence-electron chi connectivity index (χ1n) is 6.19. The van der Waals surface area contributed by atoms with Crippen LogP contribution in [0.15, 0.2) is 24.3 Å². The number of amides is 1. The first-order valence-corrected chi connectivity index (χ1v) is 8.39. The zero-order valence-corrected chi connectivity index (χ0v) is 12.9. The summed E-state index contributed by atoms with van der Waals surface area (Å²) in [5, 5.41) is 0.484. The largest absolute Gasteiger partial charge is 0.467 e. The number of esters is 1. The van der Waals surface area contributed by atoms with E-state index in [1.165, 1.54) is 17.0 Å². The minimum atomic E-state index is -3.36. The Hall–Kier alpha value is -1.60. The molecular weight excluding hydrogens is 318 g/mol. The standard InChI is InChI=1S/C13H14ClNO5S/c1-20-13(17)11-8-21(18,19)7-6-15(11)12(16)9-2-4-10(14)5-3-9/h2-5,11H,6-8H2,1H3/t11-/m0/s1. The quantitative estimate of drug-likeness (QED) is 0.747. The average Bonchev–Trinajstić information content (AvgIpc) is 2.45. The summed E-state index contributed by atoms with van der Waals surface area (Å²) in [5.41, 5.74) is 0.340. The lowest BCUT2D eigenvalue weighted by Crippen LogP contribution is -2.55. The average molecular weight is 332 g/mol. The summed E-state index contributed by atoms with van der Waals surface area (Å²) in [6.45, 7) is -0.0381. The third-order valence-electron chi connectivity index (χ3n) is 3.26. The summed E-state index contributed by atoms with van der Waals surface area (Å²) in [4.78, 5) is 25.4. The SMILES string of the molecule is COC(=O)[C@@H]1CS(=O)(=O)CCN1C(=O)c1ccc(Cl)cc1. The van der Waals surface area contributed by atoms with Gasteiger partial charge in [0.1, 0.15) is 6.04 Å². The van der Waals surface area contributed by atoms with Crippen molar-refractivity contribution in [2.24, 2.45) is 0 Å². The van der Waals surface area contributed by atoms with E-state index in [0.717, 1.165) is 7.11 Å². The van der Waals surface area contributed by atoms with Gasteiger partial charge in [0.15, 0.2) is 9.84 Å². The number of rotatable bonds is 2. The number of ether oxygens (including phenoxy) is 1. The van der Waals surface area contributed by atoms with Crippen LogP contribution in [-0.4, -0.2) is 56.4 Å². The number of carbonyl (C=O) groups is 2. The molecule has 114 valence electrons. The topological polar surface area (TPSA) is 80.8 Å². The summed E-state index contributed by atoms with van der Waals surface area (Å²) >= 11 is 5.76. The van der Waals surface area contributed by atoms with Crippen molar-refractivity contribution >= 4 is 33.3 Å². The van der Waals surface area contributed by atoms with Gasteiger partial charge in [-0.15, -0.1) is 0 Å². The summed E-state index contributed by atoms with van der Waals surface area (Å²) in [7, 11) is -2.20. The predicted molar refractivity (Wildman–Crippen MR) is 76.9 cm³/mol. The van der Waals surface area contributed by atoms with Gasteiger partial charge < -0.3 is 9.64 Å². The third kappa shape index (κ3) is 3.54. The Morgan fingerprint density at radius 3 is 2.48 bits per heavy atom. The number of carbonyl (C=O) groups excluding carboxylic acids is 2. The third-order valence-corrected chi connectivity index (χ3v) is 5.14. The van der Waals surface area contributed by atoms with Crippen molar-refractivity contribution in [1.82, 2.24) is 4.90 Å². The number of sulfone groups is 1. The van der Waals surface area contributed by atoms with E-state index in [1.54, 1.807) is 12.1 Å². The molecular formula is C13H14ClNO5S. The molecule has 1 fully saturated rings. The second kappa shape index (κ2) is 6.03. The number of halogens is 1. The molecule has 1 aromatic carbocycles. The van der Waals surface area contributed by atoms with Crippen molar-refractivity contribution in [3.8, 4) is 0 Å². The molecule has 0 N–H and O–H groups in total. The smallest absolute Gasteiger partial charge is 0.329 e. The fourth-order valence-corrected chi connectivity index (χ4v) is 3.70. The van der Waals surface area contributed by atoms with Crippen molar-refractivity contribution in [3.63, 3.8) is 0 Å². The Labute approximate surface area is 127 Å². The number of nitrogens with zero attached hydrogens (tertiary/aromatic N) is 1. The van der Waals surface area contributed by atoms with E-state index in [-0.39, 0.29) is 12.3 Å². The van der Waals surface area contributed by atoms with Gasteiger partial charge in [-0.1, -0.05) is 11.6 Å². The Bertz CT molecular complexity index is 656. The molecule has 0 aromatic heterocycles. The highest BCUT2D eigenvalue weighted by atomic mass is 35.5. The molecule has 1 aliphatic rings. The molecule has 1 aromatic rings. The zero-order valence-electron chi connectivity index (χ0n) is 11.3. The predicted octanol–water partition coefficient (Wildman–Crippen LogP) is 0.752. The molecule has 0 spiro atoms. The van der Waals surface area contributed by atoms with Gasteiger partial charge in [-0.05, 0) is 24.3 Å². The van der Waals surface area contributed by atoms with Gasteiger partial charge in [-0.2, -0.15) is 0 Å². The van der Waals surface area contributed by atoms with Crippen LogP contribution in [-0.2, 0) is 19.4 Å². The van der Waals surface area contributed by atoms with Crippen LogP contribution in [0.25, 0.3) is 0 Å². The maximum atomic E-state index is 12.4. The second-order valence-corrected chi connectivity index (χ2v) is 7.32. The maximum Gasteiger partial charge on any atom is 0.329 e. The number of benzene rings is 1. The molecule has 1 aliphatic heterocycles. The number of hydrogen-bond acceptors (Lipinski definition) is 5. The van der Waals surface area contributed by atoms with Gasteiger partial charge >= 0.3 is 5.97 Å². The highest BCUT2D eigenvalue weighted by molar-refractivity contribution is 7.91. The van der Waals surface area contributed by atoms with Crippen molar-refractivity contribution < 1.29 is 22.7 Å². The van der Waals surface area contributed by atoms with Crippen molar-refractivity contribution in [2.45, 2.75) is 6.04 Å². The molecule has 0 unspecified atom stereocenters. The van der Waals surface area contributed by atoms with Crippen molar-refractivity contribution in [2.75, 3.05) is 25.2 Å². The first kappa shape index (κ1) is 15.8. The minimum absolute atomic E-state index is 0.0381. The monoisotopic (exact) mass is 331 g/mol.